The lowest BCUT2D eigenvalue weighted by Crippen LogP contribution is -2.30. The zero-order valence-electron chi connectivity index (χ0n) is 12.5. The van der Waals surface area contributed by atoms with Gasteiger partial charge < -0.3 is 10.2 Å². The van der Waals surface area contributed by atoms with Gasteiger partial charge in [0.1, 0.15) is 5.82 Å². The van der Waals surface area contributed by atoms with Crippen molar-refractivity contribution in [1.82, 2.24) is 4.90 Å². The third-order valence-corrected chi connectivity index (χ3v) is 3.94. The van der Waals surface area contributed by atoms with Crippen LogP contribution in [0.25, 0.3) is 0 Å². The summed E-state index contributed by atoms with van der Waals surface area (Å²) >= 11 is 5.43. The Bertz CT molecular complexity index is 638. The van der Waals surface area contributed by atoms with Crippen LogP contribution in [0.1, 0.15) is 16.7 Å². The maximum Gasteiger partial charge on any atom is 0.173 e. The molecule has 0 fully saturated rings. The van der Waals surface area contributed by atoms with E-state index in [0.29, 0.717) is 11.7 Å². The van der Waals surface area contributed by atoms with Crippen LogP contribution in [0.3, 0.4) is 0 Å². The average Bonchev–Trinajstić information content (AvgIpc) is 2.46. The maximum absolute atomic E-state index is 12.9. The van der Waals surface area contributed by atoms with Crippen LogP contribution in [0.4, 0.5) is 10.1 Å². The molecule has 0 aliphatic rings. The number of anilines is 1. The molecule has 0 saturated carbocycles. The molecule has 110 valence electrons. The van der Waals surface area contributed by atoms with Gasteiger partial charge in [0.05, 0.1) is 0 Å². The number of rotatable bonds is 3. The van der Waals surface area contributed by atoms with Gasteiger partial charge in [-0.1, -0.05) is 24.3 Å². The van der Waals surface area contributed by atoms with Crippen LogP contribution in [-0.2, 0) is 6.54 Å². The summed E-state index contributed by atoms with van der Waals surface area (Å²) in [6, 6.07) is 12.6. The molecule has 0 aromatic heterocycles. The van der Waals surface area contributed by atoms with E-state index in [0.717, 1.165) is 11.3 Å². The van der Waals surface area contributed by atoms with Crippen molar-refractivity contribution >= 4 is 23.0 Å². The van der Waals surface area contributed by atoms with Crippen LogP contribution in [0.5, 0.6) is 0 Å². The van der Waals surface area contributed by atoms with E-state index < -0.39 is 0 Å². The van der Waals surface area contributed by atoms with E-state index in [4.69, 9.17) is 12.2 Å². The normalized spacial score (nSPS) is 10.3. The first-order valence-corrected chi connectivity index (χ1v) is 7.21. The first-order chi connectivity index (χ1) is 9.97. The van der Waals surface area contributed by atoms with Gasteiger partial charge in [0.25, 0.3) is 0 Å². The van der Waals surface area contributed by atoms with Gasteiger partial charge in [0, 0.05) is 19.3 Å². The summed E-state index contributed by atoms with van der Waals surface area (Å²) in [5.74, 6) is -0.225. The Morgan fingerprint density at radius 2 is 1.81 bits per heavy atom. The van der Waals surface area contributed by atoms with Crippen LogP contribution in [-0.4, -0.2) is 17.1 Å². The van der Waals surface area contributed by atoms with Gasteiger partial charge in [-0.2, -0.15) is 0 Å². The molecule has 0 amide bonds. The summed E-state index contributed by atoms with van der Waals surface area (Å²) in [4.78, 5) is 1.93. The van der Waals surface area contributed by atoms with E-state index in [9.17, 15) is 4.39 Å². The van der Waals surface area contributed by atoms with Crippen molar-refractivity contribution in [3.8, 4) is 0 Å². The van der Waals surface area contributed by atoms with Gasteiger partial charge in [-0.05, 0) is 61.0 Å². The van der Waals surface area contributed by atoms with E-state index in [1.165, 1.54) is 23.3 Å². The predicted molar refractivity (Wildman–Crippen MR) is 90.0 cm³/mol. The quantitative estimate of drug-likeness (QED) is 0.852. The number of nitrogens with zero attached hydrogens (tertiary/aromatic N) is 1. The second kappa shape index (κ2) is 6.68. The smallest absolute Gasteiger partial charge is 0.173 e. The summed E-state index contributed by atoms with van der Waals surface area (Å²) in [6.45, 7) is 4.78. The standard InChI is InChI=1S/C17H19FN2S/c1-12-5-4-6-16(13(12)2)19-17(21)20(3)11-14-7-9-15(18)10-8-14/h4-10H,11H2,1-3H3,(H,19,21). The maximum atomic E-state index is 12.9. The first-order valence-electron chi connectivity index (χ1n) is 6.80. The number of hydrogen-bond donors (Lipinski definition) is 1. The fourth-order valence-electron chi connectivity index (χ4n) is 2.03. The van der Waals surface area contributed by atoms with Crippen molar-refractivity contribution in [3.63, 3.8) is 0 Å². The molecule has 0 aliphatic heterocycles. The predicted octanol–water partition coefficient (Wildman–Crippen LogP) is 4.27. The summed E-state index contributed by atoms with van der Waals surface area (Å²) in [7, 11) is 1.92. The van der Waals surface area contributed by atoms with Gasteiger partial charge in [-0.25, -0.2) is 4.39 Å². The SMILES string of the molecule is Cc1cccc(NC(=S)N(C)Cc2ccc(F)cc2)c1C. The number of benzene rings is 2. The van der Waals surface area contributed by atoms with Crippen LogP contribution >= 0.6 is 12.2 Å². The fourth-order valence-corrected chi connectivity index (χ4v) is 2.21. The van der Waals surface area contributed by atoms with E-state index >= 15 is 0 Å². The lowest BCUT2D eigenvalue weighted by molar-refractivity contribution is 0.507. The fraction of sp³-hybridized carbons (Fsp3) is 0.235. The van der Waals surface area contributed by atoms with Crippen molar-refractivity contribution < 1.29 is 4.39 Å². The van der Waals surface area contributed by atoms with Crippen LogP contribution in [0, 0.1) is 19.7 Å². The molecule has 0 spiro atoms. The van der Waals surface area contributed by atoms with Gasteiger partial charge >= 0.3 is 0 Å². The zero-order chi connectivity index (χ0) is 15.4. The molecular weight excluding hydrogens is 283 g/mol. The Hall–Kier alpha value is -1.94. The highest BCUT2D eigenvalue weighted by Crippen LogP contribution is 2.18. The molecule has 0 radical (unpaired) electrons. The molecule has 2 aromatic carbocycles. The molecule has 4 heteroatoms. The van der Waals surface area contributed by atoms with E-state index in [1.807, 2.05) is 24.1 Å². The van der Waals surface area contributed by atoms with E-state index in [-0.39, 0.29) is 5.82 Å². The highest BCUT2D eigenvalue weighted by atomic mass is 32.1. The number of thiocarbonyl (C=S) groups is 1. The van der Waals surface area contributed by atoms with Crippen molar-refractivity contribution in [3.05, 3.63) is 65.0 Å². The minimum Gasteiger partial charge on any atom is -0.348 e. The number of nitrogens with one attached hydrogen (secondary N) is 1. The minimum absolute atomic E-state index is 0.225. The largest absolute Gasteiger partial charge is 0.348 e. The lowest BCUT2D eigenvalue weighted by atomic mass is 10.1. The Morgan fingerprint density at radius 1 is 1.14 bits per heavy atom. The van der Waals surface area contributed by atoms with Crippen molar-refractivity contribution in [1.29, 1.82) is 0 Å². The molecule has 2 rings (SSSR count). The van der Waals surface area contributed by atoms with E-state index in [1.54, 1.807) is 12.1 Å². The monoisotopic (exact) mass is 302 g/mol. The molecule has 2 nitrogen and oxygen atoms in total. The van der Waals surface area contributed by atoms with Gasteiger partial charge in [0.15, 0.2) is 5.11 Å². The second-order valence-electron chi connectivity index (χ2n) is 5.16. The minimum atomic E-state index is -0.225. The molecule has 0 saturated heterocycles. The Labute approximate surface area is 130 Å². The van der Waals surface area contributed by atoms with Crippen molar-refractivity contribution in [2.45, 2.75) is 20.4 Å². The number of hydrogen-bond acceptors (Lipinski definition) is 1. The summed E-state index contributed by atoms with van der Waals surface area (Å²) in [5, 5.41) is 3.91. The summed E-state index contributed by atoms with van der Waals surface area (Å²) in [5.41, 5.74) is 4.45. The molecule has 21 heavy (non-hydrogen) atoms. The molecular formula is C17H19FN2S. The van der Waals surface area contributed by atoms with Gasteiger partial charge in [0.2, 0.25) is 0 Å². The lowest BCUT2D eigenvalue weighted by Gasteiger charge is -2.22. The highest BCUT2D eigenvalue weighted by Gasteiger charge is 2.08. The van der Waals surface area contributed by atoms with Crippen LogP contribution in [0.2, 0.25) is 0 Å². The molecule has 1 N–H and O–H groups in total. The van der Waals surface area contributed by atoms with Crippen LogP contribution in [0.15, 0.2) is 42.5 Å². The molecule has 0 bridgehead atoms. The highest BCUT2D eigenvalue weighted by molar-refractivity contribution is 7.80. The molecule has 0 unspecified atom stereocenters. The van der Waals surface area contributed by atoms with Crippen LogP contribution < -0.4 is 5.32 Å². The number of aryl methyl sites for hydroxylation is 1. The average molecular weight is 302 g/mol. The summed E-state index contributed by atoms with van der Waals surface area (Å²) in [6.07, 6.45) is 0. The van der Waals surface area contributed by atoms with Crippen molar-refractivity contribution in [2.75, 3.05) is 12.4 Å². The Balaban J connectivity index is 2.02. The van der Waals surface area contributed by atoms with Gasteiger partial charge in [-0.3, -0.25) is 0 Å². The van der Waals surface area contributed by atoms with Crippen molar-refractivity contribution in [2.24, 2.45) is 0 Å². The molecule has 2 aromatic rings. The Kier molecular flexibility index (Phi) is 4.91. The second-order valence-corrected chi connectivity index (χ2v) is 5.55. The zero-order valence-corrected chi connectivity index (χ0v) is 13.3. The number of halogens is 1. The van der Waals surface area contributed by atoms with E-state index in [2.05, 4.69) is 25.2 Å². The molecule has 0 atom stereocenters. The van der Waals surface area contributed by atoms with Gasteiger partial charge in [-0.15, -0.1) is 0 Å². The molecule has 0 aliphatic carbocycles. The topological polar surface area (TPSA) is 15.3 Å². The third kappa shape index (κ3) is 4.02. The molecule has 0 heterocycles. The Morgan fingerprint density at radius 3 is 2.48 bits per heavy atom. The first kappa shape index (κ1) is 15.4. The third-order valence-electron chi connectivity index (χ3n) is 3.53. The summed E-state index contributed by atoms with van der Waals surface area (Å²) < 4.78 is 12.9.